The zero-order valence-corrected chi connectivity index (χ0v) is 27.6. The molecule has 0 unspecified atom stereocenters. The standard InChI is InChI=1S/C30H40ClN9O4S/c1-19-15-25(29(43-3)36-28(19)40-8-5-21(6-9-40)39-12-10-38(2)11-13-39)34-30-32-18-22(31)27(35-30)33-23-17-26-20(7-14-44-26)16-24(23)37-45(4,41)42/h15-18,21,37H,5-14H2,1-4H3,(H2,32,33,34,35). The number of piperazine rings is 1. The van der Waals surface area contributed by atoms with Gasteiger partial charge < -0.3 is 29.9 Å². The summed E-state index contributed by atoms with van der Waals surface area (Å²) >= 11 is 6.48. The number of nitrogens with zero attached hydrogens (tertiary/aromatic N) is 6. The van der Waals surface area contributed by atoms with Crippen molar-refractivity contribution in [3.63, 3.8) is 0 Å². The third-order valence-electron chi connectivity index (χ3n) is 8.53. The Morgan fingerprint density at radius 1 is 1.00 bits per heavy atom. The van der Waals surface area contributed by atoms with Crippen LogP contribution in [-0.2, 0) is 16.4 Å². The average Bonchev–Trinajstić information content (AvgIpc) is 3.46. The second-order valence-corrected chi connectivity index (χ2v) is 14.0. The number of hydrogen-bond donors (Lipinski definition) is 3. The first kappa shape index (κ1) is 31.4. The van der Waals surface area contributed by atoms with E-state index in [2.05, 4.69) is 47.1 Å². The van der Waals surface area contributed by atoms with Gasteiger partial charge in [0.2, 0.25) is 21.9 Å². The maximum atomic E-state index is 12.1. The highest BCUT2D eigenvalue weighted by Gasteiger charge is 2.28. The van der Waals surface area contributed by atoms with E-state index in [0.29, 0.717) is 47.8 Å². The topological polar surface area (TPSA) is 137 Å². The molecule has 0 saturated carbocycles. The number of halogens is 1. The van der Waals surface area contributed by atoms with E-state index in [4.69, 9.17) is 26.1 Å². The molecule has 45 heavy (non-hydrogen) atoms. The van der Waals surface area contributed by atoms with Crippen molar-refractivity contribution in [3.8, 4) is 11.6 Å². The molecule has 0 amide bonds. The van der Waals surface area contributed by atoms with Crippen LogP contribution in [-0.4, -0.2) is 106 Å². The van der Waals surface area contributed by atoms with Gasteiger partial charge in [0.1, 0.15) is 22.3 Å². The van der Waals surface area contributed by atoms with Crippen molar-refractivity contribution in [1.29, 1.82) is 0 Å². The smallest absolute Gasteiger partial charge is 0.239 e. The van der Waals surface area contributed by atoms with Crippen LogP contribution < -0.4 is 29.7 Å². The van der Waals surface area contributed by atoms with Crippen LogP contribution in [0.4, 0.5) is 34.6 Å². The van der Waals surface area contributed by atoms with Crippen molar-refractivity contribution < 1.29 is 17.9 Å². The number of pyridine rings is 1. The van der Waals surface area contributed by atoms with Gasteiger partial charge in [-0.2, -0.15) is 9.97 Å². The molecular formula is C30H40ClN9O4S. The molecule has 5 heterocycles. The maximum absolute atomic E-state index is 12.1. The number of likely N-dealkylation sites (N-methyl/N-ethyl adjacent to an activating group) is 1. The van der Waals surface area contributed by atoms with E-state index in [1.165, 1.54) is 6.20 Å². The predicted molar refractivity (Wildman–Crippen MR) is 178 cm³/mol. The molecule has 3 N–H and O–H groups in total. The normalized spacial score (nSPS) is 17.9. The van der Waals surface area contributed by atoms with Gasteiger partial charge in [0.15, 0.2) is 5.82 Å². The van der Waals surface area contributed by atoms with Gasteiger partial charge in [-0.25, -0.2) is 13.4 Å². The number of nitrogens with one attached hydrogen (secondary N) is 3. The molecule has 242 valence electrons. The van der Waals surface area contributed by atoms with Crippen LogP contribution in [0.5, 0.6) is 11.6 Å². The quantitative estimate of drug-likeness (QED) is 0.308. The summed E-state index contributed by atoms with van der Waals surface area (Å²) in [7, 11) is 0.244. The number of fused-ring (bicyclic) bond motifs is 1. The molecule has 2 saturated heterocycles. The highest BCUT2D eigenvalue weighted by Crippen LogP contribution is 2.38. The first-order valence-corrected chi connectivity index (χ1v) is 17.4. The van der Waals surface area contributed by atoms with Gasteiger partial charge in [0, 0.05) is 57.8 Å². The lowest BCUT2D eigenvalue weighted by Crippen LogP contribution is -2.52. The predicted octanol–water partition coefficient (Wildman–Crippen LogP) is 3.85. The summed E-state index contributed by atoms with van der Waals surface area (Å²) < 4.78 is 38.1. The van der Waals surface area contributed by atoms with Crippen LogP contribution in [0.25, 0.3) is 0 Å². The SMILES string of the molecule is COc1nc(N2CCC(N3CCN(C)CC3)CC2)c(C)cc1Nc1ncc(Cl)c(Nc2cc3c(cc2NS(C)(=O)=O)CCO3)n1. The van der Waals surface area contributed by atoms with Gasteiger partial charge in [-0.1, -0.05) is 11.6 Å². The molecule has 15 heteroatoms. The largest absolute Gasteiger partial charge is 0.493 e. The van der Waals surface area contributed by atoms with Gasteiger partial charge in [0.05, 0.1) is 37.5 Å². The minimum absolute atomic E-state index is 0.254. The highest BCUT2D eigenvalue weighted by atomic mass is 35.5. The number of aromatic nitrogens is 3. The Morgan fingerprint density at radius 3 is 2.47 bits per heavy atom. The van der Waals surface area contributed by atoms with Crippen molar-refractivity contribution in [2.45, 2.75) is 32.2 Å². The second kappa shape index (κ2) is 13.0. The Kier molecular flexibility index (Phi) is 9.09. The second-order valence-electron chi connectivity index (χ2n) is 11.9. The van der Waals surface area contributed by atoms with Crippen molar-refractivity contribution in [1.82, 2.24) is 24.8 Å². The van der Waals surface area contributed by atoms with Crippen LogP contribution in [0.1, 0.15) is 24.0 Å². The summed E-state index contributed by atoms with van der Waals surface area (Å²) in [5, 5.41) is 6.63. The molecule has 0 aliphatic carbocycles. The van der Waals surface area contributed by atoms with Crippen LogP contribution in [0, 0.1) is 6.92 Å². The summed E-state index contributed by atoms with van der Waals surface area (Å²) in [6.45, 7) is 9.00. The van der Waals surface area contributed by atoms with Crippen LogP contribution >= 0.6 is 11.6 Å². The van der Waals surface area contributed by atoms with E-state index >= 15 is 0 Å². The van der Waals surface area contributed by atoms with Crippen molar-refractivity contribution in [2.24, 2.45) is 0 Å². The lowest BCUT2D eigenvalue weighted by molar-refractivity contribution is 0.0981. The van der Waals surface area contributed by atoms with Crippen molar-refractivity contribution in [2.75, 3.05) is 86.5 Å². The van der Waals surface area contributed by atoms with E-state index < -0.39 is 10.0 Å². The van der Waals surface area contributed by atoms with E-state index in [1.807, 2.05) is 13.0 Å². The Morgan fingerprint density at radius 2 is 1.76 bits per heavy atom. The molecule has 1 aromatic carbocycles. The van der Waals surface area contributed by atoms with E-state index in [-0.39, 0.29) is 16.8 Å². The third-order valence-corrected chi connectivity index (χ3v) is 9.40. The molecular weight excluding hydrogens is 618 g/mol. The minimum atomic E-state index is -3.54. The number of piperidine rings is 1. The maximum Gasteiger partial charge on any atom is 0.239 e. The lowest BCUT2D eigenvalue weighted by atomic mass is 10.0. The van der Waals surface area contributed by atoms with Gasteiger partial charge in [-0.05, 0) is 50.1 Å². The minimum Gasteiger partial charge on any atom is -0.493 e. The van der Waals surface area contributed by atoms with Gasteiger partial charge in [-0.3, -0.25) is 9.62 Å². The Hall–Kier alpha value is -3.59. The highest BCUT2D eigenvalue weighted by molar-refractivity contribution is 7.92. The Labute approximate surface area is 269 Å². The number of aryl methyl sites for hydroxylation is 1. The zero-order chi connectivity index (χ0) is 31.7. The molecule has 3 aromatic rings. The summed E-state index contributed by atoms with van der Waals surface area (Å²) in [5.74, 6) is 2.57. The summed E-state index contributed by atoms with van der Waals surface area (Å²) in [6, 6.07) is 6.11. The van der Waals surface area contributed by atoms with Crippen molar-refractivity contribution in [3.05, 3.63) is 40.5 Å². The van der Waals surface area contributed by atoms with E-state index in [9.17, 15) is 8.42 Å². The first-order chi connectivity index (χ1) is 21.6. The molecule has 2 aromatic heterocycles. The van der Waals surface area contributed by atoms with Gasteiger partial charge in [-0.15, -0.1) is 0 Å². The molecule has 0 spiro atoms. The number of benzene rings is 1. The first-order valence-electron chi connectivity index (χ1n) is 15.1. The molecule has 13 nitrogen and oxygen atoms in total. The molecule has 2 fully saturated rings. The summed E-state index contributed by atoms with van der Waals surface area (Å²) in [5.41, 5.74) is 3.36. The Balaban J connectivity index is 1.18. The monoisotopic (exact) mass is 657 g/mol. The van der Waals surface area contributed by atoms with Crippen molar-refractivity contribution >= 4 is 56.3 Å². The molecule has 3 aliphatic heterocycles. The number of methoxy groups -OCH3 is 1. The van der Waals surface area contributed by atoms with Crippen LogP contribution in [0.3, 0.4) is 0 Å². The zero-order valence-electron chi connectivity index (χ0n) is 26.1. The van der Waals surface area contributed by atoms with E-state index in [1.54, 1.807) is 19.2 Å². The lowest BCUT2D eigenvalue weighted by Gasteiger charge is -2.42. The Bertz CT molecular complexity index is 1660. The summed E-state index contributed by atoms with van der Waals surface area (Å²) in [6.07, 6.45) is 5.49. The van der Waals surface area contributed by atoms with Crippen LogP contribution in [0.15, 0.2) is 24.4 Å². The molecule has 0 radical (unpaired) electrons. The third kappa shape index (κ3) is 7.29. The van der Waals surface area contributed by atoms with Crippen LogP contribution in [0.2, 0.25) is 5.02 Å². The average molecular weight is 658 g/mol. The number of rotatable bonds is 9. The fourth-order valence-electron chi connectivity index (χ4n) is 6.16. The molecule has 0 atom stereocenters. The number of anilines is 6. The summed E-state index contributed by atoms with van der Waals surface area (Å²) in [4.78, 5) is 21.2. The number of sulfonamides is 1. The molecule has 3 aliphatic rings. The fraction of sp³-hybridized carbons (Fsp3) is 0.500. The van der Waals surface area contributed by atoms with E-state index in [0.717, 1.165) is 75.3 Å². The number of ether oxygens (including phenoxy) is 2. The molecule has 0 bridgehead atoms. The number of hydrogen-bond acceptors (Lipinski definition) is 12. The van der Waals surface area contributed by atoms with Gasteiger partial charge in [0.25, 0.3) is 0 Å². The van der Waals surface area contributed by atoms with Gasteiger partial charge >= 0.3 is 0 Å². The molecule has 6 rings (SSSR count). The fourth-order valence-corrected chi connectivity index (χ4v) is 6.87.